The average molecular weight is 263 g/mol. The molecule has 1 N–H and O–H groups in total. The van der Waals surface area contributed by atoms with E-state index in [4.69, 9.17) is 9.47 Å². The molecule has 1 heterocycles. The lowest BCUT2D eigenvalue weighted by Gasteiger charge is -2.20. The van der Waals surface area contributed by atoms with E-state index < -0.39 is 6.10 Å². The monoisotopic (exact) mass is 263 g/mol. The highest BCUT2D eigenvalue weighted by Crippen LogP contribution is 2.28. The molecule has 1 aliphatic heterocycles. The van der Waals surface area contributed by atoms with Crippen molar-refractivity contribution in [2.75, 3.05) is 13.2 Å². The van der Waals surface area contributed by atoms with Crippen LogP contribution >= 0.6 is 0 Å². The number of nitrogens with one attached hydrogen (secondary N) is 1. The van der Waals surface area contributed by atoms with Gasteiger partial charge in [0.25, 0.3) is 0 Å². The summed E-state index contributed by atoms with van der Waals surface area (Å²) >= 11 is 0. The van der Waals surface area contributed by atoms with Crippen molar-refractivity contribution in [3.63, 3.8) is 0 Å². The van der Waals surface area contributed by atoms with Crippen molar-refractivity contribution in [2.45, 2.75) is 39.3 Å². The maximum absolute atomic E-state index is 11.5. The molecule has 2 atom stereocenters. The molecule has 2 rings (SSSR count). The minimum atomic E-state index is -0.463. The summed E-state index contributed by atoms with van der Waals surface area (Å²) in [5, 5.41) is 3.37. The third kappa shape index (κ3) is 3.26. The fourth-order valence-electron chi connectivity index (χ4n) is 2.27. The summed E-state index contributed by atoms with van der Waals surface area (Å²) in [6, 6.07) is 6.22. The molecule has 4 nitrogen and oxygen atoms in total. The van der Waals surface area contributed by atoms with Crippen LogP contribution in [0.15, 0.2) is 18.2 Å². The van der Waals surface area contributed by atoms with Gasteiger partial charge in [0.15, 0.2) is 6.10 Å². The SMILES string of the molecule is CCNC(C)c1cc(C)ccc1OC1CCOC1=O. The van der Waals surface area contributed by atoms with Gasteiger partial charge in [-0.05, 0) is 26.5 Å². The van der Waals surface area contributed by atoms with Crippen LogP contribution in [0.2, 0.25) is 0 Å². The molecular formula is C15H21NO3. The largest absolute Gasteiger partial charge is 0.478 e. The molecule has 1 aromatic rings. The molecule has 4 heteroatoms. The Hall–Kier alpha value is -1.55. The fraction of sp³-hybridized carbons (Fsp3) is 0.533. The van der Waals surface area contributed by atoms with E-state index in [2.05, 4.69) is 32.2 Å². The topological polar surface area (TPSA) is 47.6 Å². The van der Waals surface area contributed by atoms with Crippen LogP contribution in [-0.4, -0.2) is 25.2 Å². The maximum atomic E-state index is 11.5. The van der Waals surface area contributed by atoms with Crippen molar-refractivity contribution in [3.05, 3.63) is 29.3 Å². The number of benzene rings is 1. The third-order valence-electron chi connectivity index (χ3n) is 3.30. The van der Waals surface area contributed by atoms with Crippen LogP contribution in [0.4, 0.5) is 0 Å². The van der Waals surface area contributed by atoms with Gasteiger partial charge in [-0.1, -0.05) is 24.6 Å². The number of carbonyl (C=O) groups is 1. The van der Waals surface area contributed by atoms with Crippen LogP contribution in [0.3, 0.4) is 0 Å². The van der Waals surface area contributed by atoms with Gasteiger partial charge in [0.2, 0.25) is 0 Å². The smallest absolute Gasteiger partial charge is 0.347 e. The summed E-state index contributed by atoms with van der Waals surface area (Å²) in [5.74, 6) is 0.505. The molecule has 0 amide bonds. The second kappa shape index (κ2) is 6.06. The van der Waals surface area contributed by atoms with Gasteiger partial charge in [0, 0.05) is 18.0 Å². The maximum Gasteiger partial charge on any atom is 0.347 e. The summed E-state index contributed by atoms with van der Waals surface area (Å²) in [7, 11) is 0. The third-order valence-corrected chi connectivity index (χ3v) is 3.30. The molecule has 0 aliphatic carbocycles. The van der Waals surface area contributed by atoms with Crippen molar-refractivity contribution in [2.24, 2.45) is 0 Å². The first-order valence-electron chi connectivity index (χ1n) is 6.79. The molecule has 1 fully saturated rings. The van der Waals surface area contributed by atoms with E-state index in [1.807, 2.05) is 12.1 Å². The lowest BCUT2D eigenvalue weighted by atomic mass is 10.0. The minimum absolute atomic E-state index is 0.192. The normalized spacial score (nSPS) is 20.2. The Morgan fingerprint density at radius 1 is 1.53 bits per heavy atom. The quantitative estimate of drug-likeness (QED) is 0.828. The lowest BCUT2D eigenvalue weighted by Crippen LogP contribution is -2.24. The number of aryl methyl sites for hydroxylation is 1. The molecule has 19 heavy (non-hydrogen) atoms. The molecule has 0 saturated carbocycles. The summed E-state index contributed by atoms with van der Waals surface area (Å²) in [5.41, 5.74) is 2.27. The van der Waals surface area contributed by atoms with Gasteiger partial charge in [0.05, 0.1) is 6.61 Å². The molecule has 0 spiro atoms. The van der Waals surface area contributed by atoms with E-state index >= 15 is 0 Å². The number of carbonyl (C=O) groups excluding carboxylic acids is 1. The van der Waals surface area contributed by atoms with E-state index in [0.717, 1.165) is 17.9 Å². The van der Waals surface area contributed by atoms with Crippen molar-refractivity contribution in [3.8, 4) is 5.75 Å². The van der Waals surface area contributed by atoms with Crippen molar-refractivity contribution >= 4 is 5.97 Å². The first-order chi connectivity index (χ1) is 9.11. The summed E-state index contributed by atoms with van der Waals surface area (Å²) in [4.78, 5) is 11.5. The highest BCUT2D eigenvalue weighted by molar-refractivity contribution is 5.76. The Morgan fingerprint density at radius 2 is 2.32 bits per heavy atom. The van der Waals surface area contributed by atoms with Crippen LogP contribution in [0, 0.1) is 6.92 Å². The van der Waals surface area contributed by atoms with Crippen molar-refractivity contribution < 1.29 is 14.3 Å². The number of hydrogen-bond acceptors (Lipinski definition) is 4. The Labute approximate surface area is 114 Å². The lowest BCUT2D eigenvalue weighted by molar-refractivity contribution is -0.143. The summed E-state index contributed by atoms with van der Waals surface area (Å²) in [6.07, 6.45) is 0.164. The van der Waals surface area contributed by atoms with Gasteiger partial charge in [-0.2, -0.15) is 0 Å². The number of esters is 1. The zero-order chi connectivity index (χ0) is 13.8. The zero-order valence-electron chi connectivity index (χ0n) is 11.7. The average Bonchev–Trinajstić information content (AvgIpc) is 2.77. The molecule has 1 aromatic carbocycles. The minimum Gasteiger partial charge on any atom is -0.478 e. The molecule has 0 radical (unpaired) electrons. The number of hydrogen-bond donors (Lipinski definition) is 1. The zero-order valence-corrected chi connectivity index (χ0v) is 11.7. The molecule has 1 saturated heterocycles. The first kappa shape index (κ1) is 13.9. The molecule has 0 aromatic heterocycles. The van der Waals surface area contributed by atoms with E-state index in [-0.39, 0.29) is 12.0 Å². The van der Waals surface area contributed by atoms with Gasteiger partial charge in [-0.15, -0.1) is 0 Å². The Morgan fingerprint density at radius 3 is 2.95 bits per heavy atom. The number of rotatable bonds is 5. The van der Waals surface area contributed by atoms with Crippen LogP contribution in [-0.2, 0) is 9.53 Å². The van der Waals surface area contributed by atoms with Gasteiger partial charge in [0.1, 0.15) is 5.75 Å². The summed E-state index contributed by atoms with van der Waals surface area (Å²) in [6.45, 7) is 7.56. The highest BCUT2D eigenvalue weighted by atomic mass is 16.6. The van der Waals surface area contributed by atoms with Crippen LogP contribution in [0.25, 0.3) is 0 Å². The number of cyclic esters (lactones) is 1. The van der Waals surface area contributed by atoms with Gasteiger partial charge in [-0.25, -0.2) is 4.79 Å². The van der Waals surface area contributed by atoms with E-state index in [0.29, 0.717) is 13.0 Å². The predicted octanol–water partition coefficient (Wildman–Crippen LogP) is 2.36. The van der Waals surface area contributed by atoms with Crippen LogP contribution < -0.4 is 10.1 Å². The van der Waals surface area contributed by atoms with Crippen LogP contribution in [0.5, 0.6) is 5.75 Å². The number of ether oxygens (including phenoxy) is 2. The Kier molecular flexibility index (Phi) is 4.43. The molecular weight excluding hydrogens is 242 g/mol. The van der Waals surface area contributed by atoms with Gasteiger partial charge >= 0.3 is 5.97 Å². The van der Waals surface area contributed by atoms with E-state index in [1.165, 1.54) is 5.56 Å². The predicted molar refractivity (Wildman–Crippen MR) is 73.3 cm³/mol. The second-order valence-corrected chi connectivity index (χ2v) is 4.88. The van der Waals surface area contributed by atoms with Gasteiger partial charge in [-0.3, -0.25) is 0 Å². The summed E-state index contributed by atoms with van der Waals surface area (Å²) < 4.78 is 10.8. The molecule has 104 valence electrons. The molecule has 2 unspecified atom stereocenters. The highest BCUT2D eigenvalue weighted by Gasteiger charge is 2.29. The standard InChI is InChI=1S/C15H21NO3/c1-4-16-11(3)12-9-10(2)5-6-13(12)19-14-7-8-18-15(14)17/h5-6,9,11,14,16H,4,7-8H2,1-3H3. The van der Waals surface area contributed by atoms with E-state index in [1.54, 1.807) is 0 Å². The van der Waals surface area contributed by atoms with Crippen molar-refractivity contribution in [1.82, 2.24) is 5.32 Å². The van der Waals surface area contributed by atoms with Gasteiger partial charge < -0.3 is 14.8 Å². The van der Waals surface area contributed by atoms with E-state index in [9.17, 15) is 4.79 Å². The van der Waals surface area contributed by atoms with Crippen molar-refractivity contribution in [1.29, 1.82) is 0 Å². The molecule has 0 bridgehead atoms. The Bertz CT molecular complexity index is 459. The fourth-order valence-corrected chi connectivity index (χ4v) is 2.27. The van der Waals surface area contributed by atoms with Crippen LogP contribution in [0.1, 0.15) is 37.4 Å². The second-order valence-electron chi connectivity index (χ2n) is 4.88. The molecule has 1 aliphatic rings. The Balaban J connectivity index is 2.21. The first-order valence-corrected chi connectivity index (χ1v) is 6.79.